The number of hydrogen-bond donors (Lipinski definition) is 1. The van der Waals surface area contributed by atoms with Crippen molar-refractivity contribution < 1.29 is 31.1 Å². The van der Waals surface area contributed by atoms with Gasteiger partial charge in [0.05, 0.1) is 23.7 Å². The smallest absolute Gasteiger partial charge is 0.368 e. The summed E-state index contributed by atoms with van der Waals surface area (Å²) in [6, 6.07) is 0. The van der Waals surface area contributed by atoms with Crippen molar-refractivity contribution in [3.8, 4) is 0 Å². The molecule has 1 fully saturated rings. The number of nitrogen functional groups attached to an aromatic ring is 1. The Morgan fingerprint density at radius 3 is 2.42 bits per heavy atom. The molecule has 0 bridgehead atoms. The molecule has 1 unspecified atom stereocenters. The molecule has 5 nitrogen and oxygen atoms in total. The number of anilines is 1. The number of hydrogen-bond acceptors (Lipinski definition) is 4. The van der Waals surface area contributed by atoms with Crippen LogP contribution >= 0.6 is 0 Å². The molecule has 2 N–H and O–H groups in total. The Bertz CT molecular complexity index is 717. The van der Waals surface area contributed by atoms with Gasteiger partial charge < -0.3 is 10.6 Å². The lowest BCUT2D eigenvalue weighted by atomic mass is 9.81. The van der Waals surface area contributed by atoms with Crippen molar-refractivity contribution in [2.75, 3.05) is 12.3 Å². The number of rotatable bonds is 2. The van der Waals surface area contributed by atoms with E-state index in [1.54, 1.807) is 0 Å². The van der Waals surface area contributed by atoms with E-state index in [4.69, 9.17) is 5.73 Å². The Morgan fingerprint density at radius 2 is 1.81 bits per heavy atom. The standard InChI is InChI=1S/C15H16F6N4O/c16-14(17,18)8-3-1-2-7(4-8)5-25-6-9-10(12(25)26)11(15(19,20)21)24-13(22)23-9/h7-8H,1-6H2,(H2,22,23,24)/t7?,8-/m0/s1. The Hall–Kier alpha value is -2.07. The van der Waals surface area contributed by atoms with Gasteiger partial charge in [-0.2, -0.15) is 26.3 Å². The van der Waals surface area contributed by atoms with Crippen molar-refractivity contribution in [1.82, 2.24) is 14.9 Å². The molecule has 11 heteroatoms. The minimum atomic E-state index is -4.88. The molecule has 1 aromatic rings. The first kappa shape index (κ1) is 18.7. The van der Waals surface area contributed by atoms with Crippen molar-refractivity contribution in [1.29, 1.82) is 0 Å². The molecule has 26 heavy (non-hydrogen) atoms. The van der Waals surface area contributed by atoms with Gasteiger partial charge in [-0.05, 0) is 25.2 Å². The first-order valence-corrected chi connectivity index (χ1v) is 8.06. The van der Waals surface area contributed by atoms with Crippen LogP contribution in [0.1, 0.15) is 47.4 Å². The van der Waals surface area contributed by atoms with Crippen molar-refractivity contribution in [3.63, 3.8) is 0 Å². The Balaban J connectivity index is 1.79. The fraction of sp³-hybridized carbons (Fsp3) is 0.667. The van der Waals surface area contributed by atoms with E-state index >= 15 is 0 Å². The molecule has 1 aromatic heterocycles. The van der Waals surface area contributed by atoms with Crippen LogP contribution in [0.25, 0.3) is 0 Å². The second-order valence-electron chi connectivity index (χ2n) is 6.71. The van der Waals surface area contributed by atoms with Crippen LogP contribution in [0.3, 0.4) is 0 Å². The van der Waals surface area contributed by atoms with Gasteiger partial charge in [-0.15, -0.1) is 0 Å². The summed E-state index contributed by atoms with van der Waals surface area (Å²) in [7, 11) is 0. The van der Waals surface area contributed by atoms with Gasteiger partial charge in [0.2, 0.25) is 5.95 Å². The molecule has 1 aliphatic carbocycles. The molecule has 3 rings (SSSR count). The lowest BCUT2D eigenvalue weighted by molar-refractivity contribution is -0.186. The summed E-state index contributed by atoms with van der Waals surface area (Å²) in [4.78, 5) is 20.4. The minimum absolute atomic E-state index is 0.0361. The second kappa shape index (κ2) is 6.27. The number of carbonyl (C=O) groups is 1. The van der Waals surface area contributed by atoms with Crippen molar-refractivity contribution in [2.45, 2.75) is 44.6 Å². The zero-order valence-corrected chi connectivity index (χ0v) is 13.5. The van der Waals surface area contributed by atoms with Gasteiger partial charge in [0.1, 0.15) is 0 Å². The molecular formula is C15H16F6N4O. The molecule has 2 aliphatic rings. The summed E-state index contributed by atoms with van der Waals surface area (Å²) in [5.74, 6) is -3.38. The van der Waals surface area contributed by atoms with E-state index in [2.05, 4.69) is 9.97 Å². The van der Waals surface area contributed by atoms with Crippen LogP contribution in [-0.4, -0.2) is 33.5 Å². The third-order valence-corrected chi connectivity index (χ3v) is 4.84. The first-order valence-electron chi connectivity index (χ1n) is 8.06. The van der Waals surface area contributed by atoms with Crippen LogP contribution in [0.4, 0.5) is 32.3 Å². The SMILES string of the molecule is Nc1nc2c(c(C(F)(F)F)n1)C(=O)N(CC1CCC[C@H](C(F)(F)F)C1)C2. The number of aromatic nitrogens is 2. The van der Waals surface area contributed by atoms with Gasteiger partial charge in [0.15, 0.2) is 5.69 Å². The number of halogens is 6. The zero-order valence-electron chi connectivity index (χ0n) is 13.5. The normalized spacial score (nSPS) is 24.1. The largest absolute Gasteiger partial charge is 0.434 e. The molecule has 2 heterocycles. The van der Waals surface area contributed by atoms with Gasteiger partial charge in [-0.25, -0.2) is 9.97 Å². The molecular weight excluding hydrogens is 366 g/mol. The van der Waals surface area contributed by atoms with Gasteiger partial charge in [0.25, 0.3) is 5.91 Å². The highest BCUT2D eigenvalue weighted by molar-refractivity contribution is 5.99. The number of carbonyl (C=O) groups excluding carboxylic acids is 1. The molecule has 0 radical (unpaired) electrons. The number of fused-ring (bicyclic) bond motifs is 1. The lowest BCUT2D eigenvalue weighted by Gasteiger charge is -2.32. The first-order chi connectivity index (χ1) is 12.0. The highest BCUT2D eigenvalue weighted by Gasteiger charge is 2.46. The third kappa shape index (κ3) is 3.56. The van der Waals surface area contributed by atoms with E-state index in [-0.39, 0.29) is 31.6 Å². The summed E-state index contributed by atoms with van der Waals surface area (Å²) < 4.78 is 78.1. The Morgan fingerprint density at radius 1 is 1.12 bits per heavy atom. The average Bonchev–Trinajstić information content (AvgIpc) is 2.81. The second-order valence-corrected chi connectivity index (χ2v) is 6.71. The van der Waals surface area contributed by atoms with Crippen LogP contribution < -0.4 is 5.73 Å². The monoisotopic (exact) mass is 382 g/mol. The topological polar surface area (TPSA) is 72.1 Å². The predicted octanol–water partition coefficient (Wildman–Crippen LogP) is 3.40. The fourth-order valence-corrected chi connectivity index (χ4v) is 3.69. The fourth-order valence-electron chi connectivity index (χ4n) is 3.69. The van der Waals surface area contributed by atoms with E-state index in [1.807, 2.05) is 0 Å². The van der Waals surface area contributed by atoms with Gasteiger partial charge in [-0.1, -0.05) is 6.42 Å². The maximum Gasteiger partial charge on any atom is 0.434 e. The van der Waals surface area contributed by atoms with Crippen LogP contribution in [0.5, 0.6) is 0 Å². The Labute approximate surface area is 144 Å². The van der Waals surface area contributed by atoms with Crippen LogP contribution in [0, 0.1) is 11.8 Å². The number of alkyl halides is 6. The molecule has 1 aliphatic heterocycles. The zero-order chi connectivity index (χ0) is 19.3. The van der Waals surface area contributed by atoms with E-state index in [0.29, 0.717) is 12.8 Å². The van der Waals surface area contributed by atoms with Crippen LogP contribution in [-0.2, 0) is 12.7 Å². The third-order valence-electron chi connectivity index (χ3n) is 4.84. The summed E-state index contributed by atoms with van der Waals surface area (Å²) in [5, 5.41) is 0. The maximum atomic E-state index is 13.1. The molecule has 0 saturated heterocycles. The molecule has 1 amide bonds. The quantitative estimate of drug-likeness (QED) is 0.796. The van der Waals surface area contributed by atoms with Crippen molar-refractivity contribution in [2.24, 2.45) is 11.8 Å². The lowest BCUT2D eigenvalue weighted by Crippen LogP contribution is -2.36. The molecule has 0 spiro atoms. The van der Waals surface area contributed by atoms with Crippen LogP contribution in [0.2, 0.25) is 0 Å². The summed E-state index contributed by atoms with van der Waals surface area (Å²) >= 11 is 0. The van der Waals surface area contributed by atoms with Crippen molar-refractivity contribution in [3.05, 3.63) is 17.0 Å². The average molecular weight is 382 g/mol. The van der Waals surface area contributed by atoms with E-state index in [1.165, 1.54) is 0 Å². The highest BCUT2D eigenvalue weighted by atomic mass is 19.4. The molecule has 144 valence electrons. The van der Waals surface area contributed by atoms with Gasteiger partial charge in [0, 0.05) is 6.54 Å². The predicted molar refractivity (Wildman–Crippen MR) is 77.7 cm³/mol. The summed E-state index contributed by atoms with van der Waals surface area (Å²) in [6.07, 6.45) is -8.42. The Kier molecular flexibility index (Phi) is 4.51. The van der Waals surface area contributed by atoms with E-state index < -0.39 is 47.3 Å². The number of nitrogens with zero attached hydrogens (tertiary/aromatic N) is 3. The highest BCUT2D eigenvalue weighted by Crippen LogP contribution is 2.41. The van der Waals surface area contributed by atoms with Gasteiger partial charge in [-0.3, -0.25) is 4.79 Å². The van der Waals surface area contributed by atoms with E-state index in [9.17, 15) is 31.1 Å². The van der Waals surface area contributed by atoms with Gasteiger partial charge >= 0.3 is 12.4 Å². The molecule has 1 saturated carbocycles. The van der Waals surface area contributed by atoms with Crippen molar-refractivity contribution >= 4 is 11.9 Å². The maximum absolute atomic E-state index is 13.1. The number of amides is 1. The summed E-state index contributed by atoms with van der Waals surface area (Å²) in [5.41, 5.74) is 3.10. The minimum Gasteiger partial charge on any atom is -0.368 e. The summed E-state index contributed by atoms with van der Waals surface area (Å²) in [6.45, 7) is -0.254. The molecule has 2 atom stereocenters. The van der Waals surface area contributed by atoms with Crippen LogP contribution in [0.15, 0.2) is 0 Å². The van der Waals surface area contributed by atoms with E-state index in [0.717, 1.165) is 4.90 Å². The number of nitrogens with two attached hydrogens (primary N) is 1. The molecule has 0 aromatic carbocycles.